The number of carbonyl (C=O) groups is 1. The van der Waals surface area contributed by atoms with E-state index in [1.54, 1.807) is 7.05 Å². The van der Waals surface area contributed by atoms with Crippen LogP contribution in [0.25, 0.3) is 0 Å². The lowest BCUT2D eigenvalue weighted by Gasteiger charge is -2.38. The van der Waals surface area contributed by atoms with Gasteiger partial charge in [0.1, 0.15) is 5.82 Å². The predicted octanol–water partition coefficient (Wildman–Crippen LogP) is 2.79. The van der Waals surface area contributed by atoms with Gasteiger partial charge in [-0.15, -0.1) is 12.4 Å². The third-order valence-electron chi connectivity index (χ3n) is 4.23. The van der Waals surface area contributed by atoms with Crippen molar-refractivity contribution < 1.29 is 9.18 Å². The Kier molecular flexibility index (Phi) is 7.12. The average Bonchev–Trinajstić information content (AvgIpc) is 2.47. The van der Waals surface area contributed by atoms with Gasteiger partial charge in [0.05, 0.1) is 6.54 Å². The SMILES string of the molecule is CNCC(=O)NCC1(c2ccc(F)cc2)CCCCC1.Cl. The fraction of sp³-hybridized carbons (Fsp3) is 0.562. The molecule has 5 heteroatoms. The highest BCUT2D eigenvalue weighted by Gasteiger charge is 2.34. The van der Waals surface area contributed by atoms with Crippen molar-refractivity contribution in [3.05, 3.63) is 35.6 Å². The number of amides is 1. The first kappa shape index (κ1) is 17.9. The molecule has 2 rings (SSSR count). The van der Waals surface area contributed by atoms with Crippen molar-refractivity contribution in [2.24, 2.45) is 0 Å². The molecule has 2 N–H and O–H groups in total. The Bertz CT molecular complexity index is 444. The van der Waals surface area contributed by atoms with Crippen molar-refractivity contribution in [1.29, 1.82) is 0 Å². The summed E-state index contributed by atoms with van der Waals surface area (Å²) in [6.45, 7) is 0.971. The second-order valence-electron chi connectivity index (χ2n) is 5.65. The fourth-order valence-electron chi connectivity index (χ4n) is 3.09. The summed E-state index contributed by atoms with van der Waals surface area (Å²) in [6.07, 6.45) is 5.68. The maximum atomic E-state index is 13.1. The summed E-state index contributed by atoms with van der Waals surface area (Å²) in [5, 5.41) is 5.87. The van der Waals surface area contributed by atoms with Crippen molar-refractivity contribution in [3.63, 3.8) is 0 Å². The van der Waals surface area contributed by atoms with Gasteiger partial charge in [-0.1, -0.05) is 31.4 Å². The molecule has 118 valence electrons. The first-order valence-electron chi connectivity index (χ1n) is 7.34. The first-order valence-corrected chi connectivity index (χ1v) is 7.34. The van der Waals surface area contributed by atoms with Crippen LogP contribution in [0, 0.1) is 5.82 Å². The molecule has 1 aliphatic rings. The standard InChI is InChI=1S/C16H23FN2O.ClH/c1-18-11-15(20)19-12-16(9-3-2-4-10-16)13-5-7-14(17)8-6-13;/h5-8,18H,2-4,9-12H2,1H3,(H,19,20);1H. The molecule has 0 radical (unpaired) electrons. The highest BCUT2D eigenvalue weighted by Crippen LogP contribution is 2.39. The zero-order chi connectivity index (χ0) is 14.4. The van der Waals surface area contributed by atoms with Gasteiger partial charge in [0.15, 0.2) is 0 Å². The van der Waals surface area contributed by atoms with Gasteiger partial charge in [-0.05, 0) is 37.6 Å². The molecule has 3 nitrogen and oxygen atoms in total. The lowest BCUT2D eigenvalue weighted by Crippen LogP contribution is -2.44. The number of carbonyl (C=O) groups excluding carboxylic acids is 1. The van der Waals surface area contributed by atoms with Crippen molar-refractivity contribution in [1.82, 2.24) is 10.6 Å². The normalized spacial score (nSPS) is 16.9. The Balaban J connectivity index is 0.00000220. The van der Waals surface area contributed by atoms with Crippen LogP contribution >= 0.6 is 12.4 Å². The van der Waals surface area contributed by atoms with Gasteiger partial charge in [0.25, 0.3) is 0 Å². The lowest BCUT2D eigenvalue weighted by molar-refractivity contribution is -0.120. The highest BCUT2D eigenvalue weighted by molar-refractivity contribution is 5.85. The minimum Gasteiger partial charge on any atom is -0.354 e. The number of hydrogen-bond donors (Lipinski definition) is 2. The number of halogens is 2. The molecule has 0 heterocycles. The van der Waals surface area contributed by atoms with E-state index in [0.29, 0.717) is 13.1 Å². The monoisotopic (exact) mass is 314 g/mol. The molecule has 0 saturated heterocycles. The quantitative estimate of drug-likeness (QED) is 0.877. The van der Waals surface area contributed by atoms with E-state index in [0.717, 1.165) is 18.4 Å². The van der Waals surface area contributed by atoms with Crippen LogP contribution < -0.4 is 10.6 Å². The summed E-state index contributed by atoms with van der Waals surface area (Å²) in [5.74, 6) is -0.196. The van der Waals surface area contributed by atoms with Gasteiger partial charge in [-0.2, -0.15) is 0 Å². The highest BCUT2D eigenvalue weighted by atomic mass is 35.5. The third-order valence-corrected chi connectivity index (χ3v) is 4.23. The minimum absolute atomic E-state index is 0. The molecule has 1 aromatic carbocycles. The maximum absolute atomic E-state index is 13.1. The lowest BCUT2D eigenvalue weighted by atomic mass is 9.69. The third kappa shape index (κ3) is 4.68. The Morgan fingerprint density at radius 1 is 1.19 bits per heavy atom. The molecule has 0 aromatic heterocycles. The summed E-state index contributed by atoms with van der Waals surface area (Å²) in [5.41, 5.74) is 1.11. The van der Waals surface area contributed by atoms with E-state index in [1.165, 1.54) is 31.4 Å². The Morgan fingerprint density at radius 2 is 1.81 bits per heavy atom. The average molecular weight is 315 g/mol. The molecule has 1 amide bonds. The second-order valence-corrected chi connectivity index (χ2v) is 5.65. The molecule has 0 unspecified atom stereocenters. The van der Waals surface area contributed by atoms with Gasteiger partial charge < -0.3 is 10.6 Å². The topological polar surface area (TPSA) is 41.1 Å². The number of benzene rings is 1. The molecule has 0 bridgehead atoms. The molecule has 0 spiro atoms. The van der Waals surface area contributed by atoms with Crippen LogP contribution in [0.2, 0.25) is 0 Å². The summed E-state index contributed by atoms with van der Waals surface area (Å²) >= 11 is 0. The minimum atomic E-state index is -0.209. The van der Waals surface area contributed by atoms with Crippen LogP contribution in [0.15, 0.2) is 24.3 Å². The number of likely N-dealkylation sites (N-methyl/N-ethyl adjacent to an activating group) is 1. The largest absolute Gasteiger partial charge is 0.354 e. The van der Waals surface area contributed by atoms with Gasteiger partial charge in [-0.3, -0.25) is 4.79 Å². The molecule has 0 atom stereocenters. The van der Waals surface area contributed by atoms with Crippen LogP contribution in [0.3, 0.4) is 0 Å². The van der Waals surface area contributed by atoms with Crippen LogP contribution in [0.4, 0.5) is 4.39 Å². The van der Waals surface area contributed by atoms with Crippen molar-refractivity contribution in [3.8, 4) is 0 Å². The first-order chi connectivity index (χ1) is 9.66. The predicted molar refractivity (Wildman–Crippen MR) is 85.3 cm³/mol. The zero-order valence-corrected chi connectivity index (χ0v) is 13.3. The Hall–Kier alpha value is -1.13. The summed E-state index contributed by atoms with van der Waals surface area (Å²) in [7, 11) is 1.76. The Morgan fingerprint density at radius 3 is 2.38 bits per heavy atom. The Labute approximate surface area is 132 Å². The van der Waals surface area contributed by atoms with Crippen molar-refractivity contribution >= 4 is 18.3 Å². The molecule has 1 aliphatic carbocycles. The number of nitrogens with one attached hydrogen (secondary N) is 2. The van der Waals surface area contributed by atoms with E-state index < -0.39 is 0 Å². The molecule has 21 heavy (non-hydrogen) atoms. The molecule has 0 aliphatic heterocycles. The maximum Gasteiger partial charge on any atom is 0.233 e. The zero-order valence-electron chi connectivity index (χ0n) is 12.5. The number of rotatable bonds is 5. The smallest absolute Gasteiger partial charge is 0.233 e. The van der Waals surface area contributed by atoms with E-state index in [2.05, 4.69) is 10.6 Å². The van der Waals surface area contributed by atoms with E-state index in [9.17, 15) is 9.18 Å². The van der Waals surface area contributed by atoms with Gasteiger partial charge in [0, 0.05) is 12.0 Å². The van der Waals surface area contributed by atoms with Crippen LogP contribution in [0.5, 0.6) is 0 Å². The van der Waals surface area contributed by atoms with Crippen molar-refractivity contribution in [2.75, 3.05) is 20.1 Å². The van der Waals surface area contributed by atoms with E-state index in [1.807, 2.05) is 12.1 Å². The second kappa shape index (κ2) is 8.35. The van der Waals surface area contributed by atoms with Gasteiger partial charge >= 0.3 is 0 Å². The fourth-order valence-corrected chi connectivity index (χ4v) is 3.09. The van der Waals surface area contributed by atoms with E-state index >= 15 is 0 Å². The molecule has 1 aromatic rings. The van der Waals surface area contributed by atoms with E-state index in [-0.39, 0.29) is 29.5 Å². The summed E-state index contributed by atoms with van der Waals surface area (Å²) < 4.78 is 13.1. The molecular weight excluding hydrogens is 291 g/mol. The van der Waals surface area contributed by atoms with Gasteiger partial charge in [-0.25, -0.2) is 4.39 Å². The summed E-state index contributed by atoms with van der Waals surface area (Å²) in [4.78, 5) is 11.7. The van der Waals surface area contributed by atoms with Gasteiger partial charge in [0.2, 0.25) is 5.91 Å². The van der Waals surface area contributed by atoms with Crippen LogP contribution in [-0.4, -0.2) is 26.0 Å². The number of hydrogen-bond acceptors (Lipinski definition) is 2. The molecule has 1 saturated carbocycles. The summed E-state index contributed by atoms with van der Waals surface area (Å²) in [6, 6.07) is 6.76. The van der Waals surface area contributed by atoms with Crippen molar-refractivity contribution in [2.45, 2.75) is 37.5 Å². The van der Waals surface area contributed by atoms with Crippen LogP contribution in [0.1, 0.15) is 37.7 Å². The molecule has 1 fully saturated rings. The van der Waals surface area contributed by atoms with Crippen LogP contribution in [-0.2, 0) is 10.2 Å². The van der Waals surface area contributed by atoms with E-state index in [4.69, 9.17) is 0 Å². The molecular formula is C16H24ClFN2O.